The van der Waals surface area contributed by atoms with Crippen molar-refractivity contribution >= 4 is 51.2 Å². The number of carbonyl (C=O) groups excluding carboxylic acids is 2. The molecule has 0 radical (unpaired) electrons. The Bertz CT molecular complexity index is 3000. The number of hydrogen-bond acceptors (Lipinski definition) is 11. The minimum absolute atomic E-state index is 0.0472. The van der Waals surface area contributed by atoms with Gasteiger partial charge in [-0.1, -0.05) is 53.7 Å². The van der Waals surface area contributed by atoms with Gasteiger partial charge in [-0.15, -0.1) is 10.2 Å². The lowest BCUT2D eigenvalue weighted by molar-refractivity contribution is -0.137. The fraction of sp³-hybridized carbons (Fsp3) is 0.385. The van der Waals surface area contributed by atoms with E-state index in [1.165, 1.54) is 36.4 Å². The monoisotopic (exact) mass is 1070 g/mol. The Morgan fingerprint density at radius 3 is 1.52 bits per heavy atom. The van der Waals surface area contributed by atoms with Gasteiger partial charge in [0.1, 0.15) is 12.1 Å². The van der Waals surface area contributed by atoms with Crippen molar-refractivity contribution in [1.82, 2.24) is 21.0 Å². The van der Waals surface area contributed by atoms with Gasteiger partial charge in [-0.2, -0.15) is 36.9 Å². The SMILES string of the molecule is [C-]#[N+]c1ccc(N[C@@H](C(=O)NNC(=O)c2ccc(C#N)cc2)[C@H](C)O[Si](C)(C)C(C)(C)C)cc1C(F)(F)F.[C-]#[N+]c1ccc(N[C@@H](c2nnc(-c3ccc(C#N)cc3)o2)[C@H](C)O[Si](C)(C)C(C)(C)C)cc1C(F)(F)F. The average molecular weight is 1070 g/mol. The molecule has 0 unspecified atom stereocenters. The third-order valence-corrected chi connectivity index (χ3v) is 22.0. The van der Waals surface area contributed by atoms with Gasteiger partial charge in [0.25, 0.3) is 11.8 Å². The number of hydrazine groups is 1. The van der Waals surface area contributed by atoms with Crippen molar-refractivity contribution in [3.8, 4) is 23.6 Å². The van der Waals surface area contributed by atoms with Gasteiger partial charge in [-0.25, -0.2) is 9.69 Å². The first-order valence-electron chi connectivity index (χ1n) is 23.2. The molecule has 5 rings (SSSR count). The minimum Gasteiger partial charge on any atom is -0.418 e. The summed E-state index contributed by atoms with van der Waals surface area (Å²) in [5, 5.41) is 31.7. The number of alkyl halides is 6. The Balaban J connectivity index is 0.000000325. The third kappa shape index (κ3) is 15.7. The van der Waals surface area contributed by atoms with Crippen LogP contribution in [0.25, 0.3) is 21.1 Å². The highest BCUT2D eigenvalue weighted by atomic mass is 28.4. The third-order valence-electron chi connectivity index (χ3n) is 12.8. The normalized spacial score (nSPS) is 13.7. The van der Waals surface area contributed by atoms with E-state index in [1.54, 1.807) is 31.2 Å². The number of benzene rings is 4. The predicted octanol–water partition coefficient (Wildman–Crippen LogP) is 13.5. The van der Waals surface area contributed by atoms with Crippen LogP contribution in [0.15, 0.2) is 89.3 Å². The molecule has 4 aromatic carbocycles. The van der Waals surface area contributed by atoms with Crippen LogP contribution in [0.4, 0.5) is 49.1 Å². The van der Waals surface area contributed by atoms with Crippen LogP contribution in [0.5, 0.6) is 0 Å². The Hall–Kier alpha value is -7.55. The van der Waals surface area contributed by atoms with Crippen molar-refractivity contribution in [2.75, 3.05) is 10.6 Å². The molecular weight excluding hydrogens is 1010 g/mol. The number of rotatable bonds is 14. The van der Waals surface area contributed by atoms with Gasteiger partial charge in [-0.05, 0) is 123 Å². The Labute approximate surface area is 434 Å². The first-order chi connectivity index (χ1) is 34.7. The van der Waals surface area contributed by atoms with Gasteiger partial charge in [0, 0.05) is 22.5 Å². The lowest BCUT2D eigenvalue weighted by atomic mass is 10.1. The van der Waals surface area contributed by atoms with Crippen molar-refractivity contribution in [3.05, 3.63) is 141 Å². The maximum absolute atomic E-state index is 13.6. The van der Waals surface area contributed by atoms with Crippen LogP contribution >= 0.6 is 0 Å². The van der Waals surface area contributed by atoms with Crippen LogP contribution < -0.4 is 21.5 Å². The largest absolute Gasteiger partial charge is 0.418 e. The van der Waals surface area contributed by atoms with Crippen LogP contribution in [0.1, 0.15) is 99.9 Å². The first kappa shape index (κ1) is 60.0. The van der Waals surface area contributed by atoms with E-state index in [4.69, 9.17) is 36.9 Å². The molecule has 5 aromatic rings. The summed E-state index contributed by atoms with van der Waals surface area (Å²) in [4.78, 5) is 31.6. The molecule has 0 fully saturated rings. The zero-order valence-electron chi connectivity index (χ0n) is 43.4. The van der Waals surface area contributed by atoms with Crippen LogP contribution in [0.2, 0.25) is 36.3 Å². The number of amides is 2. The number of nitrogens with one attached hydrogen (secondary N) is 4. The van der Waals surface area contributed by atoms with Gasteiger partial charge < -0.3 is 23.9 Å². The molecule has 4 N–H and O–H groups in total. The molecule has 0 aliphatic rings. The molecule has 396 valence electrons. The second-order valence-electron chi connectivity index (χ2n) is 20.4. The fourth-order valence-corrected chi connectivity index (χ4v) is 9.42. The second kappa shape index (κ2) is 23.8. The number of halogens is 6. The molecule has 0 saturated heterocycles. The number of anilines is 2. The maximum Gasteiger partial charge on any atom is 0.407 e. The number of aromatic nitrogens is 2. The summed E-state index contributed by atoms with van der Waals surface area (Å²) in [6.45, 7) is 37.9. The lowest BCUT2D eigenvalue weighted by Gasteiger charge is -2.40. The summed E-state index contributed by atoms with van der Waals surface area (Å²) in [7, 11) is -4.69. The van der Waals surface area contributed by atoms with E-state index in [9.17, 15) is 35.9 Å². The summed E-state index contributed by atoms with van der Waals surface area (Å²) in [5.74, 6) is -1.07. The maximum atomic E-state index is 13.6. The van der Waals surface area contributed by atoms with Gasteiger partial charge in [0.2, 0.25) is 11.8 Å². The molecular formula is C52H58F6N10O5Si2. The average Bonchev–Trinajstić information content (AvgIpc) is 3.82. The molecule has 0 bridgehead atoms. The zero-order chi connectivity index (χ0) is 56.5. The molecule has 2 amide bonds. The molecule has 1 aromatic heterocycles. The Kier molecular flexibility index (Phi) is 19.0. The van der Waals surface area contributed by atoms with Gasteiger partial charge in [-0.3, -0.25) is 20.4 Å². The van der Waals surface area contributed by atoms with Gasteiger partial charge in [0.15, 0.2) is 28.0 Å². The van der Waals surface area contributed by atoms with Crippen molar-refractivity contribution in [2.45, 2.75) is 128 Å². The fourth-order valence-electron chi connectivity index (χ4n) is 6.58. The first-order valence-corrected chi connectivity index (χ1v) is 29.0. The van der Waals surface area contributed by atoms with E-state index in [0.29, 0.717) is 16.7 Å². The van der Waals surface area contributed by atoms with Crippen molar-refractivity contribution in [2.24, 2.45) is 0 Å². The standard InChI is InChI=1S/C26H30F3N5O3Si.C26H28F3N5O2Si/c1-16(37-38(6,7)25(2,3)4)22(32-19-12-13-21(31-5)20(14-19)26(27,28)29)24(36)34-33-23(35)18-10-8-17(15-30)9-11-18;1-16(36-37(6,7)25(2,3)4)22(32-19-12-13-21(31-5)20(14-19)26(27,28)29)24-34-33-23(35-24)18-10-8-17(15-30)9-11-18/h8-14,16,22,32H,1-4,6-7H3,(H,33,35)(H,34,36);8-14,16,22,32H,1-4,6-7H3/t2*16-,22+/m00/s1. The molecule has 0 aliphatic heterocycles. The summed E-state index contributed by atoms with van der Waals surface area (Å²) in [6, 6.07) is 20.8. The van der Waals surface area contributed by atoms with E-state index in [2.05, 4.69) is 75.2 Å². The topological polar surface area (TPSA) is 196 Å². The molecule has 75 heavy (non-hydrogen) atoms. The number of carbonyl (C=O) groups is 2. The predicted molar refractivity (Wildman–Crippen MR) is 276 cm³/mol. The highest BCUT2D eigenvalue weighted by Gasteiger charge is 2.43. The van der Waals surface area contributed by atoms with E-state index in [0.717, 1.165) is 24.3 Å². The molecule has 23 heteroatoms. The van der Waals surface area contributed by atoms with Gasteiger partial charge >= 0.3 is 12.4 Å². The summed E-state index contributed by atoms with van der Waals surface area (Å²) in [6.07, 6.45) is -10.8. The van der Waals surface area contributed by atoms with Crippen LogP contribution in [-0.2, 0) is 26.0 Å². The Morgan fingerprint density at radius 1 is 0.653 bits per heavy atom. The number of nitrogens with zero attached hydrogens (tertiary/aromatic N) is 6. The molecule has 0 aliphatic carbocycles. The highest BCUT2D eigenvalue weighted by Crippen LogP contribution is 2.43. The van der Waals surface area contributed by atoms with Crippen molar-refractivity contribution < 1.29 is 49.2 Å². The van der Waals surface area contributed by atoms with E-state index < -0.39 is 87.6 Å². The lowest BCUT2D eigenvalue weighted by Crippen LogP contribution is -2.55. The Morgan fingerprint density at radius 2 is 1.09 bits per heavy atom. The van der Waals surface area contributed by atoms with Crippen molar-refractivity contribution in [1.29, 1.82) is 10.5 Å². The van der Waals surface area contributed by atoms with E-state index in [1.807, 2.05) is 52.9 Å². The number of hydrogen-bond donors (Lipinski definition) is 4. The molecule has 0 saturated carbocycles. The summed E-state index contributed by atoms with van der Waals surface area (Å²) in [5.41, 5.74) is 3.05. The van der Waals surface area contributed by atoms with Gasteiger partial charge in [0.05, 0.1) is 59.7 Å². The van der Waals surface area contributed by atoms with Crippen LogP contribution in [0.3, 0.4) is 0 Å². The zero-order valence-corrected chi connectivity index (χ0v) is 45.4. The second-order valence-corrected chi connectivity index (χ2v) is 29.9. The van der Waals surface area contributed by atoms with E-state index in [-0.39, 0.29) is 38.8 Å². The van der Waals surface area contributed by atoms with E-state index >= 15 is 0 Å². The van der Waals surface area contributed by atoms with Crippen LogP contribution in [-0.4, -0.2) is 56.9 Å². The highest BCUT2D eigenvalue weighted by molar-refractivity contribution is 6.74. The smallest absolute Gasteiger partial charge is 0.407 e. The molecule has 4 atom stereocenters. The summed E-state index contributed by atoms with van der Waals surface area (Å²) >= 11 is 0. The molecule has 0 spiro atoms. The van der Waals surface area contributed by atoms with Crippen molar-refractivity contribution in [3.63, 3.8) is 0 Å². The molecule has 15 nitrogen and oxygen atoms in total. The van der Waals surface area contributed by atoms with Crippen LogP contribution in [0, 0.1) is 35.8 Å². The summed E-state index contributed by atoms with van der Waals surface area (Å²) < 4.78 is 100. The molecule has 1 heterocycles. The number of nitriles is 2. The minimum atomic E-state index is -4.77. The quantitative estimate of drug-likeness (QED) is 0.0357.